The lowest BCUT2D eigenvalue weighted by Crippen LogP contribution is -2.35. The molecule has 2 aliphatic heterocycles. The number of carbonyl (C=O) groups is 1. The van der Waals surface area contributed by atoms with Gasteiger partial charge in [-0.1, -0.05) is 6.07 Å². The molecule has 2 N–H and O–H groups in total. The minimum Gasteiger partial charge on any atom is -0.379 e. The number of nitrogens with zero attached hydrogens (tertiary/aromatic N) is 5. The third-order valence-electron chi connectivity index (χ3n) is 6.91. The van der Waals surface area contributed by atoms with Gasteiger partial charge in [0.05, 0.1) is 25.3 Å². The van der Waals surface area contributed by atoms with Gasteiger partial charge in [0.25, 0.3) is 11.8 Å². The van der Waals surface area contributed by atoms with E-state index in [0.29, 0.717) is 16.9 Å². The van der Waals surface area contributed by atoms with Crippen molar-refractivity contribution in [2.24, 2.45) is 0 Å². The first-order valence-corrected chi connectivity index (χ1v) is 12.6. The summed E-state index contributed by atoms with van der Waals surface area (Å²) in [5, 5.41) is 10.7. The number of rotatable bonds is 6. The zero-order valence-electron chi connectivity index (χ0n) is 20.7. The Morgan fingerprint density at radius 2 is 1.95 bits per heavy atom. The highest BCUT2D eigenvalue weighted by molar-refractivity contribution is 6.11. The van der Waals surface area contributed by atoms with Gasteiger partial charge in [0.2, 0.25) is 0 Å². The first-order chi connectivity index (χ1) is 18.4. The molecule has 2 aliphatic rings. The van der Waals surface area contributed by atoms with Crippen LogP contribution in [0.5, 0.6) is 0 Å². The lowest BCUT2D eigenvalue weighted by atomic mass is 10.0. The molecule has 1 aromatic carbocycles. The molecule has 0 radical (unpaired) electrons. The number of hydrogen-bond acceptors (Lipinski definition) is 7. The van der Waals surface area contributed by atoms with E-state index in [1.54, 1.807) is 12.1 Å². The van der Waals surface area contributed by atoms with Crippen LogP contribution < -0.4 is 10.2 Å². The summed E-state index contributed by atoms with van der Waals surface area (Å²) in [6.07, 6.45) is 4.97. The second kappa shape index (κ2) is 10.1. The fourth-order valence-electron chi connectivity index (χ4n) is 4.91. The summed E-state index contributed by atoms with van der Waals surface area (Å²) in [6, 6.07) is 11.1. The number of alkyl halides is 2. The topological polar surface area (TPSA) is 99.3 Å². The van der Waals surface area contributed by atoms with E-state index >= 15 is 0 Å². The molecule has 4 aromatic rings. The second-order valence-electron chi connectivity index (χ2n) is 9.69. The first-order valence-electron chi connectivity index (χ1n) is 12.6. The number of fused-ring (bicyclic) bond motifs is 1. The van der Waals surface area contributed by atoms with Gasteiger partial charge >= 0.3 is 0 Å². The van der Waals surface area contributed by atoms with Gasteiger partial charge < -0.3 is 15.0 Å². The molecule has 0 spiro atoms. The molecule has 11 heteroatoms. The number of carbonyl (C=O) groups excluding carboxylic acids is 1. The Morgan fingerprint density at radius 1 is 1.08 bits per heavy atom. The number of aromatic amines is 1. The number of H-pyrrole nitrogens is 1. The van der Waals surface area contributed by atoms with Crippen LogP contribution in [0.2, 0.25) is 0 Å². The van der Waals surface area contributed by atoms with Gasteiger partial charge in [-0.25, -0.2) is 13.8 Å². The maximum Gasteiger partial charge on any atom is 0.276 e. The van der Waals surface area contributed by atoms with E-state index in [1.807, 2.05) is 30.6 Å². The number of ether oxygens (including phenoxy) is 1. The number of anilines is 2. The van der Waals surface area contributed by atoms with Crippen LogP contribution in [0.15, 0.2) is 55.0 Å². The Morgan fingerprint density at radius 3 is 2.76 bits per heavy atom. The molecule has 2 saturated heterocycles. The number of hydrogen-bond donors (Lipinski definition) is 2. The summed E-state index contributed by atoms with van der Waals surface area (Å²) < 4.78 is 32.7. The largest absolute Gasteiger partial charge is 0.379 e. The maximum atomic E-state index is 13.6. The van der Waals surface area contributed by atoms with Crippen LogP contribution in [0.1, 0.15) is 22.5 Å². The molecule has 6 rings (SSSR count). The van der Waals surface area contributed by atoms with Crippen LogP contribution in [0, 0.1) is 0 Å². The van der Waals surface area contributed by atoms with E-state index in [9.17, 15) is 13.6 Å². The summed E-state index contributed by atoms with van der Waals surface area (Å²) >= 11 is 0. The van der Waals surface area contributed by atoms with Crippen molar-refractivity contribution in [3.63, 3.8) is 0 Å². The molecule has 0 unspecified atom stereocenters. The monoisotopic (exact) mass is 519 g/mol. The second-order valence-corrected chi connectivity index (χ2v) is 9.69. The van der Waals surface area contributed by atoms with Crippen molar-refractivity contribution in [3.8, 4) is 11.1 Å². The molecule has 0 saturated carbocycles. The summed E-state index contributed by atoms with van der Waals surface area (Å²) in [5.74, 6) is -2.74. The van der Waals surface area contributed by atoms with E-state index in [0.717, 1.165) is 55.1 Å². The minimum atomic E-state index is -2.73. The predicted molar refractivity (Wildman–Crippen MR) is 139 cm³/mol. The van der Waals surface area contributed by atoms with Gasteiger partial charge in [0.15, 0.2) is 5.69 Å². The quantitative estimate of drug-likeness (QED) is 0.398. The number of benzene rings is 1. The van der Waals surface area contributed by atoms with Gasteiger partial charge in [0, 0.05) is 73.9 Å². The summed E-state index contributed by atoms with van der Waals surface area (Å²) in [5.41, 5.74) is 4.41. The normalized spacial score (nSPS) is 17.7. The van der Waals surface area contributed by atoms with Crippen molar-refractivity contribution in [1.82, 2.24) is 25.1 Å². The highest BCUT2D eigenvalue weighted by Gasteiger charge is 2.38. The molecule has 5 heterocycles. The van der Waals surface area contributed by atoms with Crippen LogP contribution in [0.25, 0.3) is 22.0 Å². The molecular weight excluding hydrogens is 492 g/mol. The number of aromatic nitrogens is 4. The van der Waals surface area contributed by atoms with E-state index in [-0.39, 0.29) is 25.2 Å². The lowest BCUT2D eigenvalue weighted by molar-refractivity contribution is 0.0256. The van der Waals surface area contributed by atoms with Crippen LogP contribution in [-0.2, 0) is 11.3 Å². The Balaban J connectivity index is 1.21. The fraction of sp³-hybridized carbons (Fsp3) is 0.333. The number of morpholine rings is 1. The van der Waals surface area contributed by atoms with Crippen molar-refractivity contribution in [1.29, 1.82) is 0 Å². The Bertz CT molecular complexity index is 1470. The molecule has 0 atom stereocenters. The number of pyridine rings is 2. The molecule has 38 heavy (non-hydrogen) atoms. The van der Waals surface area contributed by atoms with Gasteiger partial charge in [-0.05, 0) is 35.4 Å². The third-order valence-corrected chi connectivity index (χ3v) is 6.91. The molecule has 9 nitrogen and oxygen atoms in total. The Hall–Kier alpha value is -3.96. The molecule has 196 valence electrons. The molecule has 3 aromatic heterocycles. The molecule has 0 bridgehead atoms. The number of nitrogens with one attached hydrogen (secondary N) is 2. The van der Waals surface area contributed by atoms with Crippen molar-refractivity contribution in [2.75, 3.05) is 49.6 Å². The van der Waals surface area contributed by atoms with E-state index < -0.39 is 11.8 Å². The molecule has 1 amide bonds. The molecule has 0 aliphatic carbocycles. The van der Waals surface area contributed by atoms with Gasteiger partial charge in [0.1, 0.15) is 5.82 Å². The predicted octanol–water partition coefficient (Wildman–Crippen LogP) is 3.95. The number of halogens is 2. The van der Waals surface area contributed by atoms with Crippen molar-refractivity contribution in [3.05, 3.63) is 66.2 Å². The maximum absolute atomic E-state index is 13.6. The highest BCUT2D eigenvalue weighted by atomic mass is 19.3. The van der Waals surface area contributed by atoms with Crippen molar-refractivity contribution in [2.45, 2.75) is 18.9 Å². The average Bonchev–Trinajstić information content (AvgIpc) is 3.52. The van der Waals surface area contributed by atoms with Crippen molar-refractivity contribution >= 4 is 28.3 Å². The van der Waals surface area contributed by atoms with Crippen LogP contribution >= 0.6 is 0 Å². The smallest absolute Gasteiger partial charge is 0.276 e. The van der Waals surface area contributed by atoms with Gasteiger partial charge in [-0.3, -0.25) is 19.8 Å². The Labute approximate surface area is 217 Å². The summed E-state index contributed by atoms with van der Waals surface area (Å²) in [7, 11) is 0. The zero-order valence-corrected chi connectivity index (χ0v) is 20.7. The van der Waals surface area contributed by atoms with E-state index in [2.05, 4.69) is 36.4 Å². The van der Waals surface area contributed by atoms with Crippen molar-refractivity contribution < 1.29 is 18.3 Å². The lowest BCUT2D eigenvalue weighted by Gasteiger charge is -2.26. The summed E-state index contributed by atoms with van der Waals surface area (Å²) in [6.45, 7) is 3.91. The number of amides is 1. The zero-order chi connectivity index (χ0) is 26.1. The molecular formula is C27H27F2N7O2. The van der Waals surface area contributed by atoms with E-state index in [1.165, 1.54) is 11.1 Å². The van der Waals surface area contributed by atoms with Crippen LogP contribution in [-0.4, -0.2) is 76.3 Å². The van der Waals surface area contributed by atoms with Crippen LogP contribution in [0.4, 0.5) is 20.3 Å². The molecule has 2 fully saturated rings. The average molecular weight is 520 g/mol. The van der Waals surface area contributed by atoms with E-state index in [4.69, 9.17) is 4.74 Å². The van der Waals surface area contributed by atoms with Crippen LogP contribution in [0.3, 0.4) is 0 Å². The SMILES string of the molecule is O=C(Nc1ccnc(N2CCC(F)(F)C2)c1)c1n[nH]c2ccc(-c3cncc(CN4CCOCC4)c3)cc12. The fourth-order valence-corrected chi connectivity index (χ4v) is 4.91. The Kier molecular flexibility index (Phi) is 6.46. The third kappa shape index (κ3) is 5.20. The summed E-state index contributed by atoms with van der Waals surface area (Å²) in [4.78, 5) is 25.7. The highest BCUT2D eigenvalue weighted by Crippen LogP contribution is 2.31. The van der Waals surface area contributed by atoms with Gasteiger partial charge in [-0.2, -0.15) is 5.10 Å². The standard InChI is InChI=1S/C27H27F2N7O2/c28-27(29)4-6-36(17-27)24-13-21(3-5-31-24)32-26(37)25-22-12-19(1-2-23(22)33-34-25)20-11-18(14-30-15-20)16-35-7-9-38-10-8-35/h1-3,5,11-15H,4,6-10,16-17H2,(H,33,34)(H,31,32,37). The first kappa shape index (κ1) is 24.4. The van der Waals surface area contributed by atoms with Gasteiger partial charge in [-0.15, -0.1) is 0 Å². The minimum absolute atomic E-state index is 0.210.